The lowest BCUT2D eigenvalue weighted by Gasteiger charge is -2.12. The van der Waals surface area contributed by atoms with Crippen LogP contribution in [0.25, 0.3) is 0 Å². The molecule has 5 nitrogen and oxygen atoms in total. The lowest BCUT2D eigenvalue weighted by Crippen LogP contribution is -2.28. The maximum atomic E-state index is 11.5. The Morgan fingerprint density at radius 3 is 1.94 bits per heavy atom. The molecule has 17 heavy (non-hydrogen) atoms. The number of carbonyl (C=O) groups is 2. The Labute approximate surface area is 101 Å². The van der Waals surface area contributed by atoms with Crippen molar-refractivity contribution in [1.82, 2.24) is 0 Å². The summed E-state index contributed by atoms with van der Waals surface area (Å²) in [6, 6.07) is 0. The Morgan fingerprint density at radius 2 is 1.59 bits per heavy atom. The van der Waals surface area contributed by atoms with E-state index in [0.717, 1.165) is 6.08 Å². The highest BCUT2D eigenvalue weighted by Crippen LogP contribution is 2.09. The van der Waals surface area contributed by atoms with Crippen LogP contribution in [0, 0.1) is 5.92 Å². The van der Waals surface area contributed by atoms with Gasteiger partial charge < -0.3 is 9.47 Å². The minimum atomic E-state index is -1.06. The van der Waals surface area contributed by atoms with Crippen LogP contribution < -0.4 is 0 Å². The fourth-order valence-corrected chi connectivity index (χ4v) is 1.06. The monoisotopic (exact) mass is 242 g/mol. The average Bonchev–Trinajstić information content (AvgIpc) is 2.34. The summed E-state index contributed by atoms with van der Waals surface area (Å²) in [5, 5.41) is 0. The van der Waals surface area contributed by atoms with Crippen LogP contribution in [-0.2, 0) is 23.9 Å². The minimum absolute atomic E-state index is 0.0331. The number of carbonyl (C=O) groups excluding carboxylic acids is 3. The molecule has 0 aliphatic carbocycles. The van der Waals surface area contributed by atoms with Crippen molar-refractivity contribution in [2.75, 3.05) is 13.2 Å². The molecule has 0 rings (SSSR count). The summed E-state index contributed by atoms with van der Waals surface area (Å²) >= 11 is 0. The highest BCUT2D eigenvalue weighted by molar-refractivity contribution is 5.95. The smallest absolute Gasteiger partial charge is 0.320 e. The summed E-state index contributed by atoms with van der Waals surface area (Å²) in [5.74, 6) is -0.838. The predicted octanol–water partition coefficient (Wildman–Crippen LogP) is 1.29. The van der Waals surface area contributed by atoms with E-state index in [1.807, 2.05) is 13.8 Å². The van der Waals surface area contributed by atoms with Gasteiger partial charge in [-0.15, -0.1) is 0 Å². The first-order valence-electron chi connectivity index (χ1n) is 5.69. The first kappa shape index (κ1) is 15.4. The fourth-order valence-electron chi connectivity index (χ4n) is 1.06. The molecule has 0 radical (unpaired) electrons. The van der Waals surface area contributed by atoms with Crippen molar-refractivity contribution in [2.45, 2.75) is 33.1 Å². The van der Waals surface area contributed by atoms with E-state index in [1.54, 1.807) is 0 Å². The minimum Gasteiger partial charge on any atom is -0.465 e. The molecule has 96 valence electrons. The second-order valence-corrected chi connectivity index (χ2v) is 3.45. The Kier molecular flexibility index (Phi) is 8.69. The summed E-state index contributed by atoms with van der Waals surface area (Å²) in [5.41, 5.74) is 0. The largest absolute Gasteiger partial charge is 0.465 e. The Hall–Kier alpha value is -1.61. The van der Waals surface area contributed by atoms with Crippen molar-refractivity contribution < 1.29 is 23.9 Å². The van der Waals surface area contributed by atoms with Crippen LogP contribution in [0.4, 0.5) is 0 Å². The zero-order valence-corrected chi connectivity index (χ0v) is 10.2. The molecule has 0 atom stereocenters. The van der Waals surface area contributed by atoms with Crippen LogP contribution in [-0.4, -0.2) is 31.1 Å². The van der Waals surface area contributed by atoms with Crippen molar-refractivity contribution >= 4 is 17.9 Å². The molecular weight excluding hydrogens is 224 g/mol. The molecular formula is C12H18O5. The van der Waals surface area contributed by atoms with Gasteiger partial charge in [0.1, 0.15) is 5.94 Å². The average molecular weight is 242 g/mol. The highest BCUT2D eigenvalue weighted by Gasteiger charge is 2.28. The van der Waals surface area contributed by atoms with Gasteiger partial charge in [0.05, 0.1) is 13.2 Å². The van der Waals surface area contributed by atoms with Crippen molar-refractivity contribution in [3.05, 3.63) is 6.08 Å². The molecule has 5 heteroatoms. The van der Waals surface area contributed by atoms with Gasteiger partial charge in [-0.1, -0.05) is 13.8 Å². The summed E-state index contributed by atoms with van der Waals surface area (Å²) in [6.45, 7) is 4.20. The number of esters is 2. The van der Waals surface area contributed by atoms with Gasteiger partial charge in [-0.25, -0.2) is 4.79 Å². The van der Waals surface area contributed by atoms with E-state index >= 15 is 0 Å². The van der Waals surface area contributed by atoms with E-state index in [4.69, 9.17) is 9.47 Å². The Balaban J connectivity index is 4.44. The van der Waals surface area contributed by atoms with Gasteiger partial charge in [0.15, 0.2) is 5.92 Å². The van der Waals surface area contributed by atoms with Crippen LogP contribution >= 0.6 is 0 Å². The number of ether oxygens (including phenoxy) is 2. The molecule has 0 amide bonds. The van der Waals surface area contributed by atoms with E-state index in [0.29, 0.717) is 12.8 Å². The summed E-state index contributed by atoms with van der Waals surface area (Å²) in [6.07, 6.45) is 2.40. The molecule has 0 N–H and O–H groups in total. The lowest BCUT2D eigenvalue weighted by molar-refractivity contribution is -0.162. The van der Waals surface area contributed by atoms with Gasteiger partial charge in [0.2, 0.25) is 0 Å². The maximum absolute atomic E-state index is 11.5. The van der Waals surface area contributed by atoms with Gasteiger partial charge in [-0.05, 0) is 12.8 Å². The molecule has 0 fully saturated rings. The standard InChI is InChI=1S/C12H18O5/c1-3-8-16-11(14)10(6-5-7-13)12(15)17-9-4-2/h5,10H,3-4,6,8-9H2,1-2H3. The SMILES string of the molecule is CCCOC(=O)C(CC=C=O)C(=O)OCCC. The van der Waals surface area contributed by atoms with Crippen LogP contribution in [0.2, 0.25) is 0 Å². The van der Waals surface area contributed by atoms with Gasteiger partial charge in [-0.3, -0.25) is 9.59 Å². The van der Waals surface area contributed by atoms with Gasteiger partial charge >= 0.3 is 11.9 Å². The molecule has 0 aliphatic rings. The number of hydrogen-bond acceptors (Lipinski definition) is 5. The third-order valence-electron chi connectivity index (χ3n) is 1.90. The molecule has 0 bridgehead atoms. The first-order valence-corrected chi connectivity index (χ1v) is 5.69. The molecule has 0 saturated heterocycles. The summed E-state index contributed by atoms with van der Waals surface area (Å²) in [7, 11) is 0. The van der Waals surface area contributed by atoms with Crippen molar-refractivity contribution in [2.24, 2.45) is 5.92 Å². The highest BCUT2D eigenvalue weighted by atomic mass is 16.6. The predicted molar refractivity (Wildman–Crippen MR) is 60.9 cm³/mol. The van der Waals surface area contributed by atoms with Crippen molar-refractivity contribution in [1.29, 1.82) is 0 Å². The van der Waals surface area contributed by atoms with Crippen molar-refractivity contribution in [3.63, 3.8) is 0 Å². The quantitative estimate of drug-likeness (QED) is 0.364. The Morgan fingerprint density at radius 1 is 1.12 bits per heavy atom. The van der Waals surface area contributed by atoms with E-state index in [1.165, 1.54) is 5.94 Å². The normalized spacial score (nSPS) is 9.59. The fraction of sp³-hybridized carbons (Fsp3) is 0.667. The molecule has 0 aromatic heterocycles. The second kappa shape index (κ2) is 9.60. The van der Waals surface area contributed by atoms with Gasteiger partial charge in [0.25, 0.3) is 0 Å². The number of hydrogen-bond donors (Lipinski definition) is 0. The molecule has 0 aliphatic heterocycles. The van der Waals surface area contributed by atoms with Gasteiger partial charge in [-0.2, -0.15) is 0 Å². The van der Waals surface area contributed by atoms with E-state index in [-0.39, 0.29) is 19.6 Å². The second-order valence-electron chi connectivity index (χ2n) is 3.45. The van der Waals surface area contributed by atoms with E-state index in [2.05, 4.69) is 0 Å². The van der Waals surface area contributed by atoms with E-state index < -0.39 is 17.9 Å². The maximum Gasteiger partial charge on any atom is 0.320 e. The van der Waals surface area contributed by atoms with Crippen LogP contribution in [0.1, 0.15) is 33.1 Å². The zero-order chi connectivity index (χ0) is 13.1. The van der Waals surface area contributed by atoms with E-state index in [9.17, 15) is 14.4 Å². The summed E-state index contributed by atoms with van der Waals surface area (Å²) < 4.78 is 9.72. The van der Waals surface area contributed by atoms with Crippen LogP contribution in [0.5, 0.6) is 0 Å². The van der Waals surface area contributed by atoms with Gasteiger partial charge in [0, 0.05) is 12.5 Å². The Bertz CT molecular complexity index is 271. The van der Waals surface area contributed by atoms with Crippen LogP contribution in [0.15, 0.2) is 6.08 Å². The molecule has 0 aromatic rings. The molecule has 0 spiro atoms. The molecule has 0 aromatic carbocycles. The topological polar surface area (TPSA) is 69.7 Å². The molecule has 0 unspecified atom stereocenters. The first-order chi connectivity index (χ1) is 8.17. The third kappa shape index (κ3) is 6.53. The van der Waals surface area contributed by atoms with Crippen LogP contribution in [0.3, 0.4) is 0 Å². The number of rotatable bonds is 8. The zero-order valence-electron chi connectivity index (χ0n) is 10.2. The number of allylic oxidation sites excluding steroid dienone is 1. The van der Waals surface area contributed by atoms with Crippen molar-refractivity contribution in [3.8, 4) is 0 Å². The molecule has 0 saturated carbocycles. The summed E-state index contributed by atoms with van der Waals surface area (Å²) in [4.78, 5) is 33.2. The third-order valence-corrected chi connectivity index (χ3v) is 1.90. The molecule has 0 heterocycles. The lowest BCUT2D eigenvalue weighted by atomic mass is 10.1.